The van der Waals surface area contributed by atoms with Gasteiger partial charge in [-0.2, -0.15) is 5.10 Å². The molecule has 2 aromatic rings. The second-order valence-corrected chi connectivity index (χ2v) is 3.33. The second-order valence-electron chi connectivity index (χ2n) is 3.33. The number of carboxylic acid groups (broad SMARTS) is 1. The van der Waals surface area contributed by atoms with E-state index in [0.717, 1.165) is 0 Å². The van der Waals surface area contributed by atoms with Crippen molar-refractivity contribution in [1.29, 1.82) is 0 Å². The third kappa shape index (κ3) is 1.79. The molecule has 1 aromatic heterocycles. The van der Waals surface area contributed by atoms with Crippen LogP contribution in [0.2, 0.25) is 0 Å². The topological polar surface area (TPSA) is 58.0 Å². The first-order valence-corrected chi connectivity index (χ1v) is 4.59. The van der Waals surface area contributed by atoms with Crippen LogP contribution in [0.5, 0.6) is 0 Å². The summed E-state index contributed by atoms with van der Waals surface area (Å²) in [5.74, 6) is -1.67. The molecule has 1 aromatic carbocycles. The summed E-state index contributed by atoms with van der Waals surface area (Å²) < 4.78 is 14.1. The highest BCUT2D eigenvalue weighted by Gasteiger charge is 2.07. The third-order valence-electron chi connectivity index (χ3n) is 2.23. The lowest BCUT2D eigenvalue weighted by atomic mass is 10.1. The molecule has 0 unspecified atom stereocenters. The van der Waals surface area contributed by atoms with Crippen LogP contribution >= 0.6 is 0 Å². The van der Waals surface area contributed by atoms with Crippen molar-refractivity contribution in [3.05, 3.63) is 41.8 Å². The lowest BCUT2D eigenvalue weighted by molar-refractivity contribution is -0.255. The maximum atomic E-state index is 12.7. The fraction of sp³-hybridized carbons (Fsp3) is 0.0909. The van der Waals surface area contributed by atoms with E-state index in [2.05, 4.69) is 5.10 Å². The van der Waals surface area contributed by atoms with Crippen molar-refractivity contribution in [2.75, 3.05) is 0 Å². The standard InChI is InChI=1S/C11H9FN2O2/c1-14-10(6-9(13-14)11(15)16)7-2-4-8(12)5-3-7/h2-6H,1H3,(H,15,16)/p-1. The molecule has 0 radical (unpaired) electrons. The van der Waals surface area contributed by atoms with Crippen LogP contribution in [-0.4, -0.2) is 15.7 Å². The zero-order valence-electron chi connectivity index (χ0n) is 8.48. The molecule has 4 nitrogen and oxygen atoms in total. The quantitative estimate of drug-likeness (QED) is 0.742. The van der Waals surface area contributed by atoms with Gasteiger partial charge in [0.15, 0.2) is 0 Å². The summed E-state index contributed by atoms with van der Waals surface area (Å²) in [6.45, 7) is 0. The summed E-state index contributed by atoms with van der Waals surface area (Å²) in [7, 11) is 1.62. The van der Waals surface area contributed by atoms with E-state index in [0.29, 0.717) is 11.3 Å². The first-order valence-electron chi connectivity index (χ1n) is 4.59. The molecule has 0 N–H and O–H groups in total. The van der Waals surface area contributed by atoms with E-state index >= 15 is 0 Å². The van der Waals surface area contributed by atoms with Crippen molar-refractivity contribution in [1.82, 2.24) is 9.78 Å². The Morgan fingerprint density at radius 3 is 2.50 bits per heavy atom. The van der Waals surface area contributed by atoms with Gasteiger partial charge in [-0.05, 0) is 35.9 Å². The Bertz CT molecular complexity index is 531. The maximum absolute atomic E-state index is 12.7. The van der Waals surface area contributed by atoms with E-state index in [4.69, 9.17) is 0 Å². The van der Waals surface area contributed by atoms with Gasteiger partial charge in [0.1, 0.15) is 11.5 Å². The molecule has 0 fully saturated rings. The van der Waals surface area contributed by atoms with Gasteiger partial charge in [-0.1, -0.05) is 0 Å². The summed E-state index contributed by atoms with van der Waals surface area (Å²) in [6, 6.07) is 7.13. The average molecular weight is 219 g/mol. The molecule has 0 bridgehead atoms. The molecule has 2 rings (SSSR count). The number of carbonyl (C=O) groups is 1. The summed E-state index contributed by atoms with van der Waals surface area (Å²) in [6.07, 6.45) is 0. The monoisotopic (exact) mass is 219 g/mol. The van der Waals surface area contributed by atoms with E-state index < -0.39 is 5.97 Å². The predicted octanol–water partition coefficient (Wildman–Crippen LogP) is 0.590. The van der Waals surface area contributed by atoms with Gasteiger partial charge >= 0.3 is 0 Å². The number of benzene rings is 1. The molecule has 5 heteroatoms. The van der Waals surface area contributed by atoms with Crippen molar-refractivity contribution in [2.24, 2.45) is 7.05 Å². The van der Waals surface area contributed by atoms with Gasteiger partial charge in [0.05, 0.1) is 11.7 Å². The molecule has 0 saturated heterocycles. The molecular weight excluding hydrogens is 211 g/mol. The first kappa shape index (κ1) is 10.4. The Hall–Kier alpha value is -2.17. The first-order chi connectivity index (χ1) is 7.58. The molecule has 82 valence electrons. The molecular formula is C11H8FN2O2-. The molecule has 0 aliphatic rings. The van der Waals surface area contributed by atoms with E-state index in [1.807, 2.05) is 0 Å². The van der Waals surface area contributed by atoms with Crippen molar-refractivity contribution >= 4 is 5.97 Å². The van der Waals surface area contributed by atoms with E-state index in [1.165, 1.54) is 22.9 Å². The van der Waals surface area contributed by atoms with Gasteiger partial charge in [0.25, 0.3) is 0 Å². The number of hydrogen-bond donors (Lipinski definition) is 0. The number of carboxylic acids is 1. The molecule has 16 heavy (non-hydrogen) atoms. The predicted molar refractivity (Wildman–Crippen MR) is 52.9 cm³/mol. The lowest BCUT2D eigenvalue weighted by Crippen LogP contribution is -2.22. The maximum Gasteiger partial charge on any atom is 0.123 e. The van der Waals surface area contributed by atoms with Crippen molar-refractivity contribution in [3.63, 3.8) is 0 Å². The highest BCUT2D eigenvalue weighted by molar-refractivity contribution is 5.85. The summed E-state index contributed by atoms with van der Waals surface area (Å²) in [5, 5.41) is 14.4. The number of nitrogens with zero attached hydrogens (tertiary/aromatic N) is 2. The average Bonchev–Trinajstić information content (AvgIpc) is 2.62. The SMILES string of the molecule is Cn1nc(C(=O)[O-])cc1-c1ccc(F)cc1. The number of rotatable bonds is 2. The van der Waals surface area contributed by atoms with Gasteiger partial charge in [0, 0.05) is 7.05 Å². The van der Waals surface area contributed by atoms with Crippen molar-refractivity contribution in [2.45, 2.75) is 0 Å². The summed E-state index contributed by atoms with van der Waals surface area (Å²) in [5.41, 5.74) is 1.16. The molecule has 0 spiro atoms. The zero-order chi connectivity index (χ0) is 11.7. The molecule has 0 aliphatic heterocycles. The number of aryl methyl sites for hydroxylation is 1. The summed E-state index contributed by atoms with van der Waals surface area (Å²) >= 11 is 0. The van der Waals surface area contributed by atoms with Crippen LogP contribution in [0, 0.1) is 5.82 Å². The van der Waals surface area contributed by atoms with Gasteiger partial charge in [-0.15, -0.1) is 0 Å². The Balaban J connectivity index is 2.47. The van der Waals surface area contributed by atoms with Crippen LogP contribution in [0.25, 0.3) is 11.3 Å². The van der Waals surface area contributed by atoms with Gasteiger partial charge < -0.3 is 9.90 Å². The number of hydrogen-bond acceptors (Lipinski definition) is 3. The minimum atomic E-state index is -1.33. The number of carbonyl (C=O) groups excluding carboxylic acids is 1. The molecule has 0 atom stereocenters. The Labute approximate surface area is 90.9 Å². The van der Waals surface area contributed by atoms with E-state index in [9.17, 15) is 14.3 Å². The fourth-order valence-corrected chi connectivity index (χ4v) is 1.46. The Morgan fingerprint density at radius 2 is 2.00 bits per heavy atom. The fourth-order valence-electron chi connectivity index (χ4n) is 1.46. The largest absolute Gasteiger partial charge is 0.543 e. The minimum Gasteiger partial charge on any atom is -0.543 e. The third-order valence-corrected chi connectivity index (χ3v) is 2.23. The zero-order valence-corrected chi connectivity index (χ0v) is 8.48. The van der Waals surface area contributed by atoms with Gasteiger partial charge in [0.2, 0.25) is 0 Å². The molecule has 0 aliphatic carbocycles. The summed E-state index contributed by atoms with van der Waals surface area (Å²) in [4.78, 5) is 10.6. The highest BCUT2D eigenvalue weighted by Crippen LogP contribution is 2.19. The highest BCUT2D eigenvalue weighted by atomic mass is 19.1. The van der Waals surface area contributed by atoms with Crippen LogP contribution in [0.1, 0.15) is 10.5 Å². The van der Waals surface area contributed by atoms with Crippen LogP contribution < -0.4 is 5.11 Å². The van der Waals surface area contributed by atoms with Crippen LogP contribution in [0.15, 0.2) is 30.3 Å². The van der Waals surface area contributed by atoms with Crippen molar-refractivity contribution < 1.29 is 14.3 Å². The second kappa shape index (κ2) is 3.77. The normalized spacial score (nSPS) is 10.4. The number of halogens is 1. The lowest BCUT2D eigenvalue weighted by Gasteiger charge is -2.00. The Morgan fingerprint density at radius 1 is 1.38 bits per heavy atom. The van der Waals surface area contributed by atoms with Crippen LogP contribution in [0.4, 0.5) is 4.39 Å². The van der Waals surface area contributed by atoms with E-state index in [-0.39, 0.29) is 11.5 Å². The van der Waals surface area contributed by atoms with Crippen molar-refractivity contribution in [3.8, 4) is 11.3 Å². The van der Waals surface area contributed by atoms with Crippen LogP contribution in [0.3, 0.4) is 0 Å². The van der Waals surface area contributed by atoms with Crippen LogP contribution in [-0.2, 0) is 7.05 Å². The minimum absolute atomic E-state index is 0.137. The van der Waals surface area contributed by atoms with Gasteiger partial charge in [-0.3, -0.25) is 4.68 Å². The van der Waals surface area contributed by atoms with Gasteiger partial charge in [-0.25, -0.2) is 4.39 Å². The Kier molecular flexibility index (Phi) is 2.44. The molecule has 1 heterocycles. The smallest absolute Gasteiger partial charge is 0.123 e. The molecule has 0 saturated carbocycles. The molecule has 0 amide bonds. The number of aromatic nitrogens is 2. The van der Waals surface area contributed by atoms with E-state index in [1.54, 1.807) is 19.2 Å². The number of aromatic carboxylic acids is 1.